The number of benzene rings is 1. The Bertz CT molecular complexity index is 348. The van der Waals surface area contributed by atoms with Gasteiger partial charge in [0, 0.05) is 25.0 Å². The van der Waals surface area contributed by atoms with Crippen molar-refractivity contribution in [3.8, 4) is 0 Å². The minimum atomic E-state index is 0.216. The molecule has 0 fully saturated rings. The number of amides is 1. The van der Waals surface area contributed by atoms with E-state index in [-0.39, 0.29) is 5.91 Å². The van der Waals surface area contributed by atoms with Gasteiger partial charge in [0.25, 0.3) is 0 Å². The zero-order chi connectivity index (χ0) is 12.7. The maximum Gasteiger partial charge on any atom is 0.222 e. The lowest BCUT2D eigenvalue weighted by Gasteiger charge is -2.16. The Labute approximate surface area is 109 Å². The SMILES string of the molecule is CCCCN(C)C(=O)CCc1ccc(Cl)cc1. The van der Waals surface area contributed by atoms with Crippen LogP contribution in [-0.2, 0) is 11.2 Å². The smallest absolute Gasteiger partial charge is 0.222 e. The van der Waals surface area contributed by atoms with Crippen LogP contribution in [0.1, 0.15) is 31.7 Å². The van der Waals surface area contributed by atoms with Gasteiger partial charge in [-0.25, -0.2) is 0 Å². The highest BCUT2D eigenvalue weighted by Gasteiger charge is 2.07. The maximum absolute atomic E-state index is 11.8. The Kier molecular flexibility index (Phi) is 6.06. The quantitative estimate of drug-likeness (QED) is 0.760. The summed E-state index contributed by atoms with van der Waals surface area (Å²) in [4.78, 5) is 13.6. The summed E-state index contributed by atoms with van der Waals surface area (Å²) in [6.45, 7) is 2.99. The third kappa shape index (κ3) is 5.22. The fourth-order valence-corrected chi connectivity index (χ4v) is 1.74. The van der Waals surface area contributed by atoms with E-state index in [4.69, 9.17) is 11.6 Å². The van der Waals surface area contributed by atoms with Crippen LogP contribution in [0.4, 0.5) is 0 Å². The van der Waals surface area contributed by atoms with Crippen molar-refractivity contribution in [2.24, 2.45) is 0 Å². The molecular formula is C14H20ClNO. The fourth-order valence-electron chi connectivity index (χ4n) is 1.61. The molecule has 0 aliphatic carbocycles. The molecule has 0 spiro atoms. The Balaban J connectivity index is 2.34. The number of rotatable bonds is 6. The number of halogens is 1. The second kappa shape index (κ2) is 7.33. The third-order valence-electron chi connectivity index (χ3n) is 2.81. The van der Waals surface area contributed by atoms with E-state index in [1.807, 2.05) is 36.2 Å². The Morgan fingerprint density at radius 2 is 1.94 bits per heavy atom. The standard InChI is InChI=1S/C14H20ClNO/c1-3-4-11-16(2)14(17)10-7-12-5-8-13(15)9-6-12/h5-6,8-9H,3-4,7,10-11H2,1-2H3. The maximum atomic E-state index is 11.8. The molecule has 1 amide bonds. The highest BCUT2D eigenvalue weighted by Crippen LogP contribution is 2.11. The van der Waals surface area contributed by atoms with E-state index in [2.05, 4.69) is 6.92 Å². The minimum absolute atomic E-state index is 0.216. The van der Waals surface area contributed by atoms with Crippen LogP contribution in [0.5, 0.6) is 0 Å². The van der Waals surface area contributed by atoms with Crippen molar-refractivity contribution in [3.05, 3.63) is 34.9 Å². The van der Waals surface area contributed by atoms with E-state index in [0.717, 1.165) is 36.4 Å². The highest BCUT2D eigenvalue weighted by molar-refractivity contribution is 6.30. The summed E-state index contributed by atoms with van der Waals surface area (Å²) in [5.41, 5.74) is 1.16. The van der Waals surface area contributed by atoms with Gasteiger partial charge in [-0.3, -0.25) is 4.79 Å². The van der Waals surface area contributed by atoms with E-state index in [1.54, 1.807) is 0 Å². The van der Waals surface area contributed by atoms with Gasteiger partial charge in [0.1, 0.15) is 0 Å². The van der Waals surface area contributed by atoms with E-state index >= 15 is 0 Å². The summed E-state index contributed by atoms with van der Waals surface area (Å²) in [6, 6.07) is 7.67. The Morgan fingerprint density at radius 3 is 2.53 bits per heavy atom. The van der Waals surface area contributed by atoms with Gasteiger partial charge in [0.05, 0.1) is 0 Å². The molecule has 94 valence electrons. The molecule has 0 bridgehead atoms. The third-order valence-corrected chi connectivity index (χ3v) is 3.07. The van der Waals surface area contributed by atoms with Crippen molar-refractivity contribution < 1.29 is 4.79 Å². The zero-order valence-corrected chi connectivity index (χ0v) is 11.3. The van der Waals surface area contributed by atoms with Gasteiger partial charge in [-0.1, -0.05) is 37.1 Å². The second-order valence-electron chi connectivity index (χ2n) is 4.30. The number of nitrogens with zero attached hydrogens (tertiary/aromatic N) is 1. The lowest BCUT2D eigenvalue weighted by atomic mass is 10.1. The largest absolute Gasteiger partial charge is 0.346 e. The van der Waals surface area contributed by atoms with Gasteiger partial charge in [0.15, 0.2) is 0 Å². The van der Waals surface area contributed by atoms with Gasteiger partial charge in [0.2, 0.25) is 5.91 Å². The molecule has 0 saturated carbocycles. The molecule has 17 heavy (non-hydrogen) atoms. The molecule has 3 heteroatoms. The first-order chi connectivity index (χ1) is 8.13. The molecule has 1 aromatic carbocycles. The predicted molar refractivity (Wildman–Crippen MR) is 72.3 cm³/mol. The van der Waals surface area contributed by atoms with Crippen LogP contribution in [0.2, 0.25) is 5.02 Å². The molecule has 1 rings (SSSR count). The number of hydrogen-bond donors (Lipinski definition) is 0. The lowest BCUT2D eigenvalue weighted by molar-refractivity contribution is -0.129. The summed E-state index contributed by atoms with van der Waals surface area (Å²) in [5, 5.41) is 0.736. The van der Waals surface area contributed by atoms with Gasteiger partial charge in [-0.05, 0) is 30.5 Å². The molecule has 2 nitrogen and oxygen atoms in total. The Hall–Kier alpha value is -1.02. The molecular weight excluding hydrogens is 234 g/mol. The molecule has 0 heterocycles. The van der Waals surface area contributed by atoms with E-state index < -0.39 is 0 Å². The number of hydrogen-bond acceptors (Lipinski definition) is 1. The van der Waals surface area contributed by atoms with Crippen LogP contribution < -0.4 is 0 Å². The first-order valence-electron chi connectivity index (χ1n) is 6.12. The van der Waals surface area contributed by atoms with Crippen molar-refractivity contribution in [2.75, 3.05) is 13.6 Å². The first-order valence-corrected chi connectivity index (χ1v) is 6.49. The summed E-state index contributed by atoms with van der Waals surface area (Å²) in [6.07, 6.45) is 3.55. The van der Waals surface area contributed by atoms with Crippen molar-refractivity contribution >= 4 is 17.5 Å². The molecule has 0 radical (unpaired) electrons. The number of carbonyl (C=O) groups excluding carboxylic acids is 1. The zero-order valence-electron chi connectivity index (χ0n) is 10.6. The fraction of sp³-hybridized carbons (Fsp3) is 0.500. The van der Waals surface area contributed by atoms with Crippen LogP contribution in [0.25, 0.3) is 0 Å². The second-order valence-corrected chi connectivity index (χ2v) is 4.73. The monoisotopic (exact) mass is 253 g/mol. The van der Waals surface area contributed by atoms with E-state index in [1.165, 1.54) is 0 Å². The number of aryl methyl sites for hydroxylation is 1. The molecule has 1 aromatic rings. The van der Waals surface area contributed by atoms with Crippen LogP contribution in [0, 0.1) is 0 Å². The number of carbonyl (C=O) groups is 1. The summed E-state index contributed by atoms with van der Waals surface area (Å²) >= 11 is 5.81. The lowest BCUT2D eigenvalue weighted by Crippen LogP contribution is -2.27. The van der Waals surface area contributed by atoms with E-state index in [0.29, 0.717) is 6.42 Å². The molecule has 0 aromatic heterocycles. The minimum Gasteiger partial charge on any atom is -0.346 e. The average Bonchev–Trinajstić information content (AvgIpc) is 2.34. The van der Waals surface area contributed by atoms with Crippen LogP contribution >= 0.6 is 11.6 Å². The van der Waals surface area contributed by atoms with Crippen LogP contribution in [0.3, 0.4) is 0 Å². The summed E-state index contributed by atoms with van der Waals surface area (Å²) in [7, 11) is 1.87. The molecule has 0 atom stereocenters. The molecule has 0 unspecified atom stereocenters. The normalized spacial score (nSPS) is 10.3. The van der Waals surface area contributed by atoms with Crippen molar-refractivity contribution in [1.82, 2.24) is 4.90 Å². The molecule has 0 saturated heterocycles. The molecule has 0 N–H and O–H groups in total. The van der Waals surface area contributed by atoms with Crippen LogP contribution in [0.15, 0.2) is 24.3 Å². The molecule has 0 aliphatic rings. The van der Waals surface area contributed by atoms with Gasteiger partial charge >= 0.3 is 0 Å². The van der Waals surface area contributed by atoms with Crippen molar-refractivity contribution in [1.29, 1.82) is 0 Å². The topological polar surface area (TPSA) is 20.3 Å². The van der Waals surface area contributed by atoms with Gasteiger partial charge < -0.3 is 4.90 Å². The first kappa shape index (κ1) is 14.0. The highest BCUT2D eigenvalue weighted by atomic mass is 35.5. The van der Waals surface area contributed by atoms with Gasteiger partial charge in [-0.15, -0.1) is 0 Å². The van der Waals surface area contributed by atoms with Crippen molar-refractivity contribution in [2.45, 2.75) is 32.6 Å². The van der Waals surface area contributed by atoms with Crippen molar-refractivity contribution in [3.63, 3.8) is 0 Å². The van der Waals surface area contributed by atoms with E-state index in [9.17, 15) is 4.79 Å². The Morgan fingerprint density at radius 1 is 1.29 bits per heavy atom. The van der Waals surface area contributed by atoms with Crippen LogP contribution in [-0.4, -0.2) is 24.4 Å². The summed E-state index contributed by atoms with van der Waals surface area (Å²) in [5.74, 6) is 0.216. The molecule has 0 aliphatic heterocycles. The average molecular weight is 254 g/mol. The summed E-state index contributed by atoms with van der Waals surface area (Å²) < 4.78 is 0. The predicted octanol–water partition coefficient (Wildman–Crippen LogP) is 3.53. The van der Waals surface area contributed by atoms with Gasteiger partial charge in [-0.2, -0.15) is 0 Å². The number of unbranched alkanes of at least 4 members (excludes halogenated alkanes) is 1.